The zero-order valence-corrected chi connectivity index (χ0v) is 20.8. The molecule has 33 heavy (non-hydrogen) atoms. The van der Waals surface area contributed by atoms with Crippen LogP contribution in [0.5, 0.6) is 0 Å². The second kappa shape index (κ2) is 8.14. The smallest absolute Gasteiger partial charge is 0.270 e. The van der Waals surface area contributed by atoms with E-state index in [2.05, 4.69) is 35.2 Å². The summed E-state index contributed by atoms with van der Waals surface area (Å²) in [6.45, 7) is 6.42. The van der Waals surface area contributed by atoms with Crippen molar-refractivity contribution in [1.82, 2.24) is 14.8 Å². The predicted molar refractivity (Wildman–Crippen MR) is 132 cm³/mol. The van der Waals surface area contributed by atoms with Gasteiger partial charge in [0, 0.05) is 25.7 Å². The fraction of sp³-hybridized carbons (Fsp3) is 0.704. The Morgan fingerprint density at radius 3 is 2.55 bits per heavy atom. The van der Waals surface area contributed by atoms with E-state index in [1.807, 2.05) is 11.0 Å². The van der Waals surface area contributed by atoms with Crippen LogP contribution in [0.3, 0.4) is 0 Å². The van der Waals surface area contributed by atoms with Crippen molar-refractivity contribution in [3.63, 3.8) is 0 Å². The molecule has 7 rings (SSSR count). The third kappa shape index (κ3) is 3.64. The second-order valence-electron chi connectivity index (χ2n) is 11.5. The van der Waals surface area contributed by atoms with Crippen molar-refractivity contribution in [3.05, 3.63) is 23.2 Å². The molecule has 3 heterocycles. The highest BCUT2D eigenvalue weighted by Gasteiger charge is 2.53. The van der Waals surface area contributed by atoms with Crippen LogP contribution in [-0.4, -0.2) is 40.4 Å². The molecule has 5 nitrogen and oxygen atoms in total. The lowest BCUT2D eigenvalue weighted by Crippen LogP contribution is -2.57. The van der Waals surface area contributed by atoms with Crippen LogP contribution in [0.15, 0.2) is 17.5 Å². The molecule has 4 bridgehead atoms. The number of rotatable bonds is 5. The third-order valence-corrected chi connectivity index (χ3v) is 10.4. The van der Waals surface area contributed by atoms with E-state index in [-0.39, 0.29) is 23.8 Å². The Morgan fingerprint density at radius 1 is 1.18 bits per heavy atom. The van der Waals surface area contributed by atoms with Gasteiger partial charge in [-0.25, -0.2) is 0 Å². The Hall–Kier alpha value is -1.82. The Balaban J connectivity index is 1.13. The third-order valence-electron chi connectivity index (χ3n) is 9.50. The first kappa shape index (κ1) is 21.7. The standard InChI is InChI=1S/C27H37N3O2S/c1-3-30-22-6-8-33-24(22)12-23(30)26(32)29-7-4-5-21(16-29)25(31)28-17(2)27-13-18-9-19(14-27)11-20(10-18)15-27/h6,8,12,17-21H,3-5,7,9-11,13-16H2,1-2H3,(H,28,31)/t17-,18?,19?,20?,21-,27?/m0/s1. The molecule has 5 aliphatic rings. The molecule has 178 valence electrons. The topological polar surface area (TPSA) is 54.3 Å². The molecule has 1 saturated heterocycles. The average Bonchev–Trinajstić information content (AvgIpc) is 3.39. The summed E-state index contributed by atoms with van der Waals surface area (Å²) in [5.41, 5.74) is 2.23. The SMILES string of the molecule is CCn1c(C(=O)N2CCC[C@H](C(=O)N[C@@H](C)C34CC5CC(CC(C5)C3)C4)C2)cc2sccc21. The van der Waals surface area contributed by atoms with Gasteiger partial charge in [0.1, 0.15) is 5.69 Å². The Labute approximate surface area is 200 Å². The van der Waals surface area contributed by atoms with E-state index >= 15 is 0 Å². The van der Waals surface area contributed by atoms with Gasteiger partial charge in [-0.15, -0.1) is 11.3 Å². The molecule has 6 heteroatoms. The van der Waals surface area contributed by atoms with Crippen molar-refractivity contribution in [2.45, 2.75) is 77.8 Å². The van der Waals surface area contributed by atoms with Gasteiger partial charge < -0.3 is 14.8 Å². The molecule has 2 atom stereocenters. The normalized spacial score (nSPS) is 34.1. The van der Waals surface area contributed by atoms with Crippen LogP contribution in [0, 0.1) is 29.1 Å². The molecule has 4 saturated carbocycles. The summed E-state index contributed by atoms with van der Waals surface area (Å²) in [5, 5.41) is 5.55. The van der Waals surface area contributed by atoms with Crippen molar-refractivity contribution >= 4 is 33.4 Å². The van der Waals surface area contributed by atoms with Crippen molar-refractivity contribution in [2.24, 2.45) is 29.1 Å². The number of thiophene rings is 1. The minimum absolute atomic E-state index is 0.0758. The second-order valence-corrected chi connectivity index (χ2v) is 12.5. The van der Waals surface area contributed by atoms with Crippen molar-refractivity contribution in [3.8, 4) is 0 Å². The molecule has 2 aromatic rings. The summed E-state index contributed by atoms with van der Waals surface area (Å²) >= 11 is 1.68. The summed E-state index contributed by atoms with van der Waals surface area (Å²) in [6, 6.07) is 4.37. The quantitative estimate of drug-likeness (QED) is 0.649. The average molecular weight is 468 g/mol. The fourth-order valence-corrected chi connectivity index (χ4v) is 9.05. The highest BCUT2D eigenvalue weighted by atomic mass is 32.1. The van der Waals surface area contributed by atoms with Crippen LogP contribution >= 0.6 is 11.3 Å². The number of aromatic nitrogens is 1. The van der Waals surface area contributed by atoms with Gasteiger partial charge in [-0.05, 0) is 106 Å². The number of piperidine rings is 1. The molecule has 0 radical (unpaired) electrons. The molecule has 1 N–H and O–H groups in total. The predicted octanol–water partition coefficient (Wildman–Crippen LogP) is 5.30. The van der Waals surface area contributed by atoms with Crippen LogP contribution in [0.4, 0.5) is 0 Å². The summed E-state index contributed by atoms with van der Waals surface area (Å²) in [6.07, 6.45) is 9.98. The van der Waals surface area contributed by atoms with Gasteiger partial charge in [-0.1, -0.05) is 0 Å². The maximum absolute atomic E-state index is 13.4. The number of nitrogens with one attached hydrogen (secondary N) is 1. The zero-order chi connectivity index (χ0) is 22.7. The van der Waals surface area contributed by atoms with E-state index in [0.717, 1.165) is 59.6 Å². The van der Waals surface area contributed by atoms with Crippen LogP contribution < -0.4 is 5.32 Å². The molecule has 4 aliphatic carbocycles. The minimum atomic E-state index is -0.0924. The lowest BCUT2D eigenvalue weighted by molar-refractivity contribution is -0.131. The van der Waals surface area contributed by atoms with Gasteiger partial charge in [0.25, 0.3) is 5.91 Å². The first-order chi connectivity index (χ1) is 16.0. The number of likely N-dealkylation sites (tertiary alicyclic amines) is 1. The number of hydrogen-bond acceptors (Lipinski definition) is 3. The monoisotopic (exact) mass is 467 g/mol. The van der Waals surface area contributed by atoms with Gasteiger partial charge in [0.15, 0.2) is 0 Å². The molecule has 2 amide bonds. The molecule has 2 aromatic heterocycles. The Morgan fingerprint density at radius 2 is 1.88 bits per heavy atom. The van der Waals surface area contributed by atoms with Gasteiger partial charge in [0.2, 0.25) is 5.91 Å². The van der Waals surface area contributed by atoms with E-state index in [1.54, 1.807) is 11.3 Å². The van der Waals surface area contributed by atoms with Crippen LogP contribution in [0.2, 0.25) is 0 Å². The highest BCUT2D eigenvalue weighted by Crippen LogP contribution is 2.61. The van der Waals surface area contributed by atoms with Gasteiger partial charge >= 0.3 is 0 Å². The molecule has 0 spiro atoms. The summed E-state index contributed by atoms with van der Waals surface area (Å²) in [7, 11) is 0. The lowest BCUT2D eigenvalue weighted by atomic mass is 9.48. The van der Waals surface area contributed by atoms with Gasteiger partial charge in [-0.3, -0.25) is 9.59 Å². The first-order valence-corrected chi connectivity index (χ1v) is 14.0. The van der Waals surface area contributed by atoms with Crippen LogP contribution in [0.1, 0.15) is 75.7 Å². The number of amides is 2. The maximum Gasteiger partial charge on any atom is 0.270 e. The molecule has 1 aliphatic heterocycles. The number of fused-ring (bicyclic) bond motifs is 1. The van der Waals surface area contributed by atoms with Gasteiger partial charge in [-0.2, -0.15) is 0 Å². The summed E-state index contributed by atoms with van der Waals surface area (Å²) in [5.74, 6) is 2.83. The summed E-state index contributed by atoms with van der Waals surface area (Å²) < 4.78 is 3.28. The molecular formula is C27H37N3O2S. The van der Waals surface area contributed by atoms with Crippen LogP contribution in [0.25, 0.3) is 10.2 Å². The van der Waals surface area contributed by atoms with Crippen molar-refractivity contribution in [1.29, 1.82) is 0 Å². The lowest BCUT2D eigenvalue weighted by Gasteiger charge is -2.59. The minimum Gasteiger partial charge on any atom is -0.353 e. The van der Waals surface area contributed by atoms with E-state index < -0.39 is 0 Å². The van der Waals surface area contributed by atoms with E-state index in [9.17, 15) is 9.59 Å². The van der Waals surface area contributed by atoms with E-state index in [1.165, 1.54) is 38.5 Å². The van der Waals surface area contributed by atoms with Gasteiger partial charge in [0.05, 0.1) is 16.1 Å². The van der Waals surface area contributed by atoms with Crippen molar-refractivity contribution in [2.75, 3.05) is 13.1 Å². The molecule has 0 unspecified atom stereocenters. The molecular weight excluding hydrogens is 430 g/mol. The largest absolute Gasteiger partial charge is 0.353 e. The molecule has 5 fully saturated rings. The Bertz CT molecular complexity index is 1030. The van der Waals surface area contributed by atoms with E-state index in [0.29, 0.717) is 12.0 Å². The van der Waals surface area contributed by atoms with Crippen molar-refractivity contribution < 1.29 is 9.59 Å². The Kier molecular flexibility index (Phi) is 5.35. The number of hydrogen-bond donors (Lipinski definition) is 1. The number of aryl methyl sites for hydroxylation is 1. The highest BCUT2D eigenvalue weighted by molar-refractivity contribution is 7.17. The molecule has 0 aromatic carbocycles. The van der Waals surface area contributed by atoms with E-state index in [4.69, 9.17) is 0 Å². The number of carbonyl (C=O) groups excluding carboxylic acids is 2. The maximum atomic E-state index is 13.4. The zero-order valence-electron chi connectivity index (χ0n) is 20.0. The van der Waals surface area contributed by atoms with Crippen LogP contribution in [-0.2, 0) is 11.3 Å². The fourth-order valence-electron chi connectivity index (χ4n) is 8.22. The summed E-state index contributed by atoms with van der Waals surface area (Å²) in [4.78, 5) is 28.7. The number of nitrogens with zero attached hydrogens (tertiary/aromatic N) is 2. The first-order valence-electron chi connectivity index (χ1n) is 13.1. The number of carbonyl (C=O) groups is 2.